The molecule has 0 fully saturated rings. The second-order valence-electron chi connectivity index (χ2n) is 4.05. The Kier molecular flexibility index (Phi) is 1.87. The van der Waals surface area contributed by atoms with E-state index in [1.807, 2.05) is 31.2 Å². The van der Waals surface area contributed by atoms with E-state index in [0.29, 0.717) is 16.8 Å². The number of nitrogens with two attached hydrogens (primary N) is 1. The first-order valence-electron chi connectivity index (χ1n) is 5.33. The van der Waals surface area contributed by atoms with E-state index in [0.717, 1.165) is 21.9 Å². The van der Waals surface area contributed by atoms with Gasteiger partial charge in [-0.25, -0.2) is 0 Å². The number of anilines is 1. The standard InChI is InChI=1S/C14H10N2O/c1-8-9(7-15)5-6-12-13(8)10-3-2-4-11(16)14(10)17-12/h2-6H,16H2,1H3. The number of hydrogen-bond donors (Lipinski definition) is 1. The fourth-order valence-corrected chi connectivity index (χ4v) is 2.20. The van der Waals surface area contributed by atoms with Crippen LogP contribution in [0.1, 0.15) is 11.1 Å². The average Bonchev–Trinajstić information content (AvgIpc) is 2.70. The molecule has 3 nitrogen and oxygen atoms in total. The van der Waals surface area contributed by atoms with Crippen molar-refractivity contribution in [2.75, 3.05) is 5.73 Å². The predicted octanol–water partition coefficient (Wildman–Crippen LogP) is 3.35. The first-order valence-corrected chi connectivity index (χ1v) is 5.33. The largest absolute Gasteiger partial charge is 0.454 e. The number of nitriles is 1. The number of nitrogens with zero attached hydrogens (tertiary/aromatic N) is 1. The summed E-state index contributed by atoms with van der Waals surface area (Å²) in [6, 6.07) is 11.4. The third-order valence-electron chi connectivity index (χ3n) is 3.07. The molecular formula is C14H10N2O. The molecule has 0 saturated carbocycles. The Morgan fingerprint density at radius 1 is 1.24 bits per heavy atom. The van der Waals surface area contributed by atoms with Gasteiger partial charge in [-0.05, 0) is 30.7 Å². The molecule has 3 rings (SSSR count). The fourth-order valence-electron chi connectivity index (χ4n) is 2.20. The summed E-state index contributed by atoms with van der Waals surface area (Å²) in [6.07, 6.45) is 0. The topological polar surface area (TPSA) is 63.0 Å². The Bertz CT molecular complexity index is 778. The summed E-state index contributed by atoms with van der Waals surface area (Å²) in [5.41, 5.74) is 9.58. The van der Waals surface area contributed by atoms with Crippen molar-refractivity contribution >= 4 is 27.6 Å². The lowest BCUT2D eigenvalue weighted by Crippen LogP contribution is -1.84. The summed E-state index contributed by atoms with van der Waals surface area (Å²) in [5, 5.41) is 11.0. The third-order valence-corrected chi connectivity index (χ3v) is 3.07. The molecule has 3 heteroatoms. The van der Waals surface area contributed by atoms with Crippen molar-refractivity contribution in [1.82, 2.24) is 0 Å². The van der Waals surface area contributed by atoms with Crippen LogP contribution in [0, 0.1) is 18.3 Å². The molecule has 1 aromatic heterocycles. The highest BCUT2D eigenvalue weighted by Gasteiger charge is 2.12. The van der Waals surface area contributed by atoms with Crippen molar-refractivity contribution in [3.63, 3.8) is 0 Å². The van der Waals surface area contributed by atoms with E-state index in [2.05, 4.69) is 6.07 Å². The van der Waals surface area contributed by atoms with Crippen LogP contribution in [0.3, 0.4) is 0 Å². The molecule has 0 saturated heterocycles. The molecule has 3 aromatic rings. The lowest BCUT2D eigenvalue weighted by atomic mass is 10.0. The number of benzene rings is 2. The van der Waals surface area contributed by atoms with Crippen LogP contribution in [0.4, 0.5) is 5.69 Å². The Labute approximate surface area is 98.1 Å². The molecule has 2 N–H and O–H groups in total. The SMILES string of the molecule is Cc1c(C#N)ccc2oc3c(N)cccc3c12. The summed E-state index contributed by atoms with van der Waals surface area (Å²) in [6.45, 7) is 1.93. The van der Waals surface area contributed by atoms with E-state index in [-0.39, 0.29) is 0 Å². The van der Waals surface area contributed by atoms with Crippen LogP contribution in [0.5, 0.6) is 0 Å². The minimum atomic E-state index is 0.622. The van der Waals surface area contributed by atoms with Gasteiger partial charge in [0.2, 0.25) is 0 Å². The molecule has 0 radical (unpaired) electrons. The average molecular weight is 222 g/mol. The summed E-state index contributed by atoms with van der Waals surface area (Å²) in [5.74, 6) is 0. The van der Waals surface area contributed by atoms with Gasteiger partial charge in [0.25, 0.3) is 0 Å². The summed E-state index contributed by atoms with van der Waals surface area (Å²) in [7, 11) is 0. The maximum Gasteiger partial charge on any atom is 0.158 e. The van der Waals surface area contributed by atoms with Gasteiger partial charge in [0.15, 0.2) is 5.58 Å². The number of fused-ring (bicyclic) bond motifs is 3. The van der Waals surface area contributed by atoms with Crippen LogP contribution < -0.4 is 5.73 Å². The fraction of sp³-hybridized carbons (Fsp3) is 0.0714. The van der Waals surface area contributed by atoms with Gasteiger partial charge >= 0.3 is 0 Å². The van der Waals surface area contributed by atoms with Gasteiger partial charge in [-0.3, -0.25) is 0 Å². The first kappa shape index (κ1) is 9.73. The van der Waals surface area contributed by atoms with Crippen LogP contribution in [-0.4, -0.2) is 0 Å². The highest BCUT2D eigenvalue weighted by Crippen LogP contribution is 2.34. The molecule has 2 aromatic carbocycles. The van der Waals surface area contributed by atoms with Gasteiger partial charge < -0.3 is 10.2 Å². The Morgan fingerprint density at radius 3 is 2.82 bits per heavy atom. The zero-order valence-corrected chi connectivity index (χ0v) is 9.32. The second-order valence-corrected chi connectivity index (χ2v) is 4.05. The van der Waals surface area contributed by atoms with Crippen molar-refractivity contribution in [3.05, 3.63) is 41.5 Å². The summed E-state index contributed by atoms with van der Waals surface area (Å²) in [4.78, 5) is 0. The van der Waals surface area contributed by atoms with Gasteiger partial charge in [-0.2, -0.15) is 5.26 Å². The molecule has 0 bridgehead atoms. The van der Waals surface area contributed by atoms with E-state index >= 15 is 0 Å². The number of nitrogen functional groups attached to an aromatic ring is 1. The number of aryl methyl sites for hydroxylation is 1. The van der Waals surface area contributed by atoms with E-state index in [4.69, 9.17) is 15.4 Å². The van der Waals surface area contributed by atoms with E-state index in [1.165, 1.54) is 0 Å². The lowest BCUT2D eigenvalue weighted by molar-refractivity contribution is 0.670. The molecule has 1 heterocycles. The zero-order chi connectivity index (χ0) is 12.0. The van der Waals surface area contributed by atoms with Crippen molar-refractivity contribution < 1.29 is 4.42 Å². The minimum Gasteiger partial charge on any atom is -0.454 e. The number of furan rings is 1. The first-order chi connectivity index (χ1) is 8.22. The van der Waals surface area contributed by atoms with Gasteiger partial charge in [-0.15, -0.1) is 0 Å². The van der Waals surface area contributed by atoms with Gasteiger partial charge in [0, 0.05) is 10.8 Å². The van der Waals surface area contributed by atoms with Crippen LogP contribution in [0.25, 0.3) is 21.9 Å². The lowest BCUT2D eigenvalue weighted by Gasteiger charge is -1.98. The van der Waals surface area contributed by atoms with Gasteiger partial charge in [0.1, 0.15) is 5.58 Å². The van der Waals surface area contributed by atoms with Crippen LogP contribution >= 0.6 is 0 Å². The van der Waals surface area contributed by atoms with E-state index < -0.39 is 0 Å². The van der Waals surface area contributed by atoms with E-state index in [9.17, 15) is 0 Å². The molecule has 0 aliphatic heterocycles. The van der Waals surface area contributed by atoms with Gasteiger partial charge in [-0.1, -0.05) is 12.1 Å². The Balaban J connectivity index is 2.60. The molecule has 17 heavy (non-hydrogen) atoms. The van der Waals surface area contributed by atoms with Gasteiger partial charge in [0.05, 0.1) is 17.3 Å². The van der Waals surface area contributed by atoms with Crippen LogP contribution in [-0.2, 0) is 0 Å². The zero-order valence-electron chi connectivity index (χ0n) is 9.32. The second kappa shape index (κ2) is 3.26. The van der Waals surface area contributed by atoms with Crippen molar-refractivity contribution in [1.29, 1.82) is 5.26 Å². The molecule has 0 amide bonds. The maximum absolute atomic E-state index is 9.04. The van der Waals surface area contributed by atoms with Crippen molar-refractivity contribution in [3.8, 4) is 6.07 Å². The molecule has 82 valence electrons. The third kappa shape index (κ3) is 1.21. The Morgan fingerprint density at radius 2 is 2.06 bits per heavy atom. The maximum atomic E-state index is 9.04. The smallest absolute Gasteiger partial charge is 0.158 e. The highest BCUT2D eigenvalue weighted by molar-refractivity contribution is 6.10. The minimum absolute atomic E-state index is 0.622. The summed E-state index contributed by atoms with van der Waals surface area (Å²) < 4.78 is 5.73. The molecule has 0 atom stereocenters. The molecule has 0 aliphatic rings. The molecule has 0 spiro atoms. The molecule has 0 aliphatic carbocycles. The van der Waals surface area contributed by atoms with Crippen LogP contribution in [0.15, 0.2) is 34.7 Å². The number of para-hydroxylation sites is 1. The van der Waals surface area contributed by atoms with Crippen LogP contribution in [0.2, 0.25) is 0 Å². The normalized spacial score (nSPS) is 10.8. The van der Waals surface area contributed by atoms with Crippen molar-refractivity contribution in [2.24, 2.45) is 0 Å². The quantitative estimate of drug-likeness (QED) is 0.593. The number of rotatable bonds is 0. The summed E-state index contributed by atoms with van der Waals surface area (Å²) >= 11 is 0. The predicted molar refractivity (Wildman–Crippen MR) is 67.6 cm³/mol. The Hall–Kier alpha value is -2.47. The monoisotopic (exact) mass is 222 g/mol. The highest BCUT2D eigenvalue weighted by atomic mass is 16.3. The molecular weight excluding hydrogens is 212 g/mol. The van der Waals surface area contributed by atoms with E-state index in [1.54, 1.807) is 6.07 Å². The van der Waals surface area contributed by atoms with Crippen molar-refractivity contribution in [2.45, 2.75) is 6.92 Å². The number of hydrogen-bond acceptors (Lipinski definition) is 3. The molecule has 0 unspecified atom stereocenters.